The van der Waals surface area contributed by atoms with Crippen molar-refractivity contribution in [1.29, 1.82) is 0 Å². The highest BCUT2D eigenvalue weighted by Crippen LogP contribution is 2.26. The van der Waals surface area contributed by atoms with Crippen molar-refractivity contribution < 1.29 is 0 Å². The highest BCUT2D eigenvalue weighted by Gasteiger charge is 2.16. The summed E-state index contributed by atoms with van der Waals surface area (Å²) in [6.07, 6.45) is 2.99. The summed E-state index contributed by atoms with van der Waals surface area (Å²) in [5, 5.41) is 0. The van der Waals surface area contributed by atoms with E-state index in [9.17, 15) is 0 Å². The number of hydrogen-bond donors (Lipinski definition) is 2. The molecule has 0 spiro atoms. The molecule has 0 amide bonds. The number of imidazole rings is 1. The van der Waals surface area contributed by atoms with Crippen molar-refractivity contribution in [1.82, 2.24) is 9.97 Å². The van der Waals surface area contributed by atoms with E-state index < -0.39 is 0 Å². The van der Waals surface area contributed by atoms with Gasteiger partial charge in [-0.2, -0.15) is 0 Å². The van der Waals surface area contributed by atoms with Gasteiger partial charge in [-0.25, -0.2) is 4.98 Å². The third-order valence-corrected chi connectivity index (χ3v) is 3.69. The van der Waals surface area contributed by atoms with Gasteiger partial charge in [0.1, 0.15) is 5.82 Å². The Kier molecular flexibility index (Phi) is 4.61. The van der Waals surface area contributed by atoms with Gasteiger partial charge in [0.25, 0.3) is 0 Å². The van der Waals surface area contributed by atoms with Crippen LogP contribution in [0.3, 0.4) is 0 Å². The number of nitrogens with two attached hydrogens (primary N) is 1. The molecule has 1 heterocycles. The first-order valence-corrected chi connectivity index (χ1v) is 7.33. The van der Waals surface area contributed by atoms with Gasteiger partial charge >= 0.3 is 0 Å². The van der Waals surface area contributed by atoms with Gasteiger partial charge in [-0.3, -0.25) is 0 Å². The fraction of sp³-hybridized carbons (Fsp3) is 0.471. The van der Waals surface area contributed by atoms with Crippen LogP contribution in [0.1, 0.15) is 43.1 Å². The predicted octanol–water partition coefficient (Wildman–Crippen LogP) is 3.78. The number of nitrogens with one attached hydrogen (secondary N) is 1. The summed E-state index contributed by atoms with van der Waals surface area (Å²) in [5.41, 5.74) is 10.7. The van der Waals surface area contributed by atoms with Crippen molar-refractivity contribution in [2.45, 2.75) is 40.0 Å². The summed E-state index contributed by atoms with van der Waals surface area (Å²) in [6, 6.07) is 6.49. The van der Waals surface area contributed by atoms with Gasteiger partial charge in [0.15, 0.2) is 0 Å². The lowest BCUT2D eigenvalue weighted by Gasteiger charge is -2.14. The number of aromatic amines is 1. The van der Waals surface area contributed by atoms with Gasteiger partial charge in [0.05, 0.1) is 11.9 Å². The van der Waals surface area contributed by atoms with Crippen molar-refractivity contribution in [3.63, 3.8) is 0 Å². The Hall–Kier alpha value is -1.61. The lowest BCUT2D eigenvalue weighted by molar-refractivity contribution is 0.490. The summed E-state index contributed by atoms with van der Waals surface area (Å²) in [4.78, 5) is 8.00. The minimum atomic E-state index is 0.314. The van der Waals surface area contributed by atoms with Crippen molar-refractivity contribution in [3.05, 3.63) is 41.3 Å². The van der Waals surface area contributed by atoms with Crippen molar-refractivity contribution >= 4 is 0 Å². The van der Waals surface area contributed by atoms with Gasteiger partial charge in [-0.05, 0) is 31.7 Å². The normalized spacial score (nSPS) is 12.9. The lowest BCUT2D eigenvalue weighted by atomic mass is 9.96. The number of nitrogens with zero attached hydrogens (tertiary/aromatic N) is 1. The maximum Gasteiger partial charge on any atom is 0.110 e. The molecule has 0 saturated heterocycles. The first-order valence-electron chi connectivity index (χ1n) is 7.33. The number of aryl methyl sites for hydroxylation is 2. The molecule has 3 heteroatoms. The summed E-state index contributed by atoms with van der Waals surface area (Å²) in [7, 11) is 0. The Labute approximate surface area is 121 Å². The Balaban J connectivity index is 2.27. The monoisotopic (exact) mass is 271 g/mol. The maximum atomic E-state index is 5.89. The second-order valence-corrected chi connectivity index (χ2v) is 6.06. The van der Waals surface area contributed by atoms with Crippen LogP contribution in [0.5, 0.6) is 0 Å². The number of hydrogen-bond acceptors (Lipinski definition) is 2. The first-order chi connectivity index (χ1) is 9.51. The van der Waals surface area contributed by atoms with E-state index in [-0.39, 0.29) is 0 Å². The molecule has 0 aliphatic heterocycles. The molecule has 0 radical (unpaired) electrons. The quantitative estimate of drug-likeness (QED) is 0.869. The Morgan fingerprint density at radius 2 is 2.00 bits per heavy atom. The molecule has 108 valence electrons. The second kappa shape index (κ2) is 6.23. The van der Waals surface area contributed by atoms with E-state index in [1.54, 1.807) is 0 Å². The van der Waals surface area contributed by atoms with Crippen LogP contribution < -0.4 is 5.73 Å². The summed E-state index contributed by atoms with van der Waals surface area (Å²) < 4.78 is 0. The van der Waals surface area contributed by atoms with Crippen LogP contribution in [-0.4, -0.2) is 16.5 Å². The fourth-order valence-electron chi connectivity index (χ4n) is 2.69. The standard InChI is InChI=1S/C17H25N3/c1-11(2)7-14(9-18)17-19-10-16(20-17)15-6-5-12(3)8-13(15)4/h5-6,8,10-11,14H,7,9,18H2,1-4H3,(H,19,20). The van der Waals surface area contributed by atoms with Gasteiger partial charge in [-0.1, -0.05) is 37.6 Å². The molecule has 1 unspecified atom stereocenters. The first kappa shape index (κ1) is 14.8. The maximum absolute atomic E-state index is 5.89. The molecule has 2 aromatic rings. The van der Waals surface area contributed by atoms with Crippen LogP contribution in [0.2, 0.25) is 0 Å². The molecule has 1 aromatic heterocycles. The van der Waals surface area contributed by atoms with Crippen molar-refractivity contribution in [3.8, 4) is 11.3 Å². The zero-order valence-corrected chi connectivity index (χ0v) is 12.9. The van der Waals surface area contributed by atoms with Gasteiger partial charge in [0.2, 0.25) is 0 Å². The van der Waals surface area contributed by atoms with E-state index in [4.69, 9.17) is 5.73 Å². The van der Waals surface area contributed by atoms with E-state index in [2.05, 4.69) is 55.9 Å². The van der Waals surface area contributed by atoms with Crippen molar-refractivity contribution in [2.75, 3.05) is 6.54 Å². The van der Waals surface area contributed by atoms with Crippen LogP contribution >= 0.6 is 0 Å². The van der Waals surface area contributed by atoms with Crippen LogP contribution in [-0.2, 0) is 0 Å². The highest BCUT2D eigenvalue weighted by molar-refractivity contribution is 5.63. The van der Waals surface area contributed by atoms with Crippen LogP contribution in [0.25, 0.3) is 11.3 Å². The summed E-state index contributed by atoms with van der Waals surface area (Å²) >= 11 is 0. The average Bonchev–Trinajstić information content (AvgIpc) is 2.85. The summed E-state index contributed by atoms with van der Waals surface area (Å²) in [5.74, 6) is 1.95. The van der Waals surface area contributed by atoms with Crippen molar-refractivity contribution in [2.24, 2.45) is 11.7 Å². The molecule has 0 aliphatic rings. The number of rotatable bonds is 5. The predicted molar refractivity (Wildman–Crippen MR) is 84.7 cm³/mol. The molecule has 1 aromatic carbocycles. The third-order valence-electron chi connectivity index (χ3n) is 3.69. The highest BCUT2D eigenvalue weighted by atomic mass is 14.9. The average molecular weight is 271 g/mol. The van der Waals surface area contributed by atoms with E-state index in [0.29, 0.717) is 18.4 Å². The minimum Gasteiger partial charge on any atom is -0.342 e. The van der Waals surface area contributed by atoms with E-state index in [0.717, 1.165) is 17.9 Å². The molecule has 3 N–H and O–H groups in total. The Morgan fingerprint density at radius 3 is 2.60 bits per heavy atom. The van der Waals surface area contributed by atoms with Gasteiger partial charge in [0, 0.05) is 18.0 Å². The number of benzene rings is 1. The molecular weight excluding hydrogens is 246 g/mol. The zero-order valence-electron chi connectivity index (χ0n) is 12.9. The van der Waals surface area contributed by atoms with E-state index >= 15 is 0 Å². The zero-order chi connectivity index (χ0) is 14.7. The molecule has 0 bridgehead atoms. The smallest absolute Gasteiger partial charge is 0.110 e. The number of aromatic nitrogens is 2. The largest absolute Gasteiger partial charge is 0.342 e. The van der Waals surface area contributed by atoms with E-state index in [1.165, 1.54) is 16.7 Å². The van der Waals surface area contributed by atoms with Crippen LogP contribution in [0, 0.1) is 19.8 Å². The van der Waals surface area contributed by atoms with Gasteiger partial charge in [-0.15, -0.1) is 0 Å². The minimum absolute atomic E-state index is 0.314. The molecular formula is C17H25N3. The molecule has 2 rings (SSSR count). The fourth-order valence-corrected chi connectivity index (χ4v) is 2.69. The number of H-pyrrole nitrogens is 1. The second-order valence-electron chi connectivity index (χ2n) is 6.06. The Morgan fingerprint density at radius 1 is 1.25 bits per heavy atom. The molecule has 1 atom stereocenters. The third kappa shape index (κ3) is 3.28. The molecule has 0 aliphatic carbocycles. The van der Waals surface area contributed by atoms with Crippen LogP contribution in [0.15, 0.2) is 24.4 Å². The van der Waals surface area contributed by atoms with Gasteiger partial charge < -0.3 is 10.7 Å². The summed E-state index contributed by atoms with van der Waals surface area (Å²) in [6.45, 7) is 9.32. The molecule has 0 fully saturated rings. The topological polar surface area (TPSA) is 54.7 Å². The molecule has 0 saturated carbocycles. The molecule has 3 nitrogen and oxygen atoms in total. The lowest BCUT2D eigenvalue weighted by Crippen LogP contribution is -2.16. The van der Waals surface area contributed by atoms with E-state index in [1.807, 2.05) is 6.20 Å². The SMILES string of the molecule is Cc1ccc(-c2cnc(C(CN)CC(C)C)[nH]2)c(C)c1. The van der Waals surface area contributed by atoms with Crippen LogP contribution in [0.4, 0.5) is 0 Å². The molecule has 20 heavy (non-hydrogen) atoms. The Bertz CT molecular complexity index is 569.